The van der Waals surface area contributed by atoms with Gasteiger partial charge in [-0.25, -0.2) is 8.78 Å². The third-order valence-corrected chi connectivity index (χ3v) is 20.5. The van der Waals surface area contributed by atoms with E-state index in [1.165, 1.54) is 93.7 Å². The summed E-state index contributed by atoms with van der Waals surface area (Å²) in [6.07, 6.45) is 3.80. The van der Waals surface area contributed by atoms with Gasteiger partial charge in [0.1, 0.15) is 11.6 Å². The molecule has 2 aliphatic carbocycles. The topological polar surface area (TPSA) is 6.48 Å². The summed E-state index contributed by atoms with van der Waals surface area (Å²) in [7, 11) is 0. The molecule has 0 spiro atoms. The summed E-state index contributed by atoms with van der Waals surface area (Å²) in [5, 5.41) is 4.44. The minimum atomic E-state index is -0.665. The van der Waals surface area contributed by atoms with Crippen molar-refractivity contribution in [2.45, 2.75) is 38.5 Å². The molecule has 13 aromatic carbocycles. The fraction of sp³-hybridized carbons (Fsp3) is 0.0698. The Kier molecular flexibility index (Phi) is 13.1. The van der Waals surface area contributed by atoms with Gasteiger partial charge < -0.3 is 9.80 Å². The Hall–Kier alpha value is -10.7. The zero-order chi connectivity index (χ0) is 61.9. The van der Waals surface area contributed by atoms with Gasteiger partial charge in [0.05, 0.1) is 10.8 Å². The molecule has 0 N–H and O–H groups in total. The van der Waals surface area contributed by atoms with E-state index < -0.39 is 10.8 Å². The Labute approximate surface area is 534 Å². The lowest BCUT2D eigenvalue weighted by Gasteiger charge is -2.36. The van der Waals surface area contributed by atoms with Crippen LogP contribution in [0.4, 0.5) is 42.9 Å². The number of benzene rings is 13. The Balaban J connectivity index is 0.864. The first kappa shape index (κ1) is 55.6. The number of aryl methyl sites for hydroxylation is 4. The smallest absolute Gasteiger partial charge is 0.123 e. The quantitative estimate of drug-likeness (QED) is 0.120. The third kappa shape index (κ3) is 8.70. The zero-order valence-electron chi connectivity index (χ0n) is 51.0. The molecular weight excluding hydrogens is 1130 g/mol. The summed E-state index contributed by atoms with van der Waals surface area (Å²) >= 11 is 1.79. The van der Waals surface area contributed by atoms with Crippen LogP contribution >= 0.6 is 11.3 Å². The van der Waals surface area contributed by atoms with E-state index >= 15 is 8.78 Å². The maximum absolute atomic E-state index is 15.1. The van der Waals surface area contributed by atoms with Gasteiger partial charge in [0.2, 0.25) is 0 Å². The highest BCUT2D eigenvalue weighted by Gasteiger charge is 2.49. The predicted molar refractivity (Wildman–Crippen MR) is 380 cm³/mol. The molecule has 436 valence electrons. The number of hydrogen-bond donors (Lipinski definition) is 0. The fourth-order valence-electron chi connectivity index (χ4n) is 15.2. The van der Waals surface area contributed by atoms with E-state index in [9.17, 15) is 0 Å². The standard InChI is InChI=1S/C86H62F2N2S/c1-7-57-21-26-61(27-22-57)85(79-45-53(3)17-19-55(79)5)77-15-11-9-13-71(77)73-42-39-69(51-81(73)85)89(65-35-30-63(87)31-36-65)67-34-25-59-49-84-75(48-60(59)47-67)76-50-68(41-44-83(76)91-84)90(66-37-32-64(88)33-38-66)70-40-43-74-72-14-10-12-16-78(72)86(82(74)52-70,62-28-23-58(8-2)24-29-62)80-46-54(4)18-20-56(80)6/h7-52H,1-2H2,3-6H3. The molecule has 14 aromatic rings. The van der Waals surface area contributed by atoms with Crippen molar-refractivity contribution in [1.29, 1.82) is 0 Å². The second-order valence-corrected chi connectivity index (χ2v) is 25.7. The zero-order valence-corrected chi connectivity index (χ0v) is 51.8. The summed E-state index contributed by atoms with van der Waals surface area (Å²) in [6, 6.07) is 94.7. The first-order valence-corrected chi connectivity index (χ1v) is 31.9. The Morgan fingerprint density at radius 1 is 0.330 bits per heavy atom. The first-order chi connectivity index (χ1) is 44.4. The van der Waals surface area contributed by atoms with Crippen LogP contribution < -0.4 is 9.80 Å². The monoisotopic (exact) mass is 1190 g/mol. The van der Waals surface area contributed by atoms with E-state index in [0.717, 1.165) is 71.5 Å². The molecule has 2 nitrogen and oxygen atoms in total. The highest BCUT2D eigenvalue weighted by molar-refractivity contribution is 7.25. The number of fused-ring (bicyclic) bond motifs is 10. The second kappa shape index (κ2) is 21.5. The van der Waals surface area contributed by atoms with Crippen molar-refractivity contribution in [1.82, 2.24) is 0 Å². The molecule has 2 unspecified atom stereocenters. The number of nitrogens with zero attached hydrogens (tertiary/aromatic N) is 2. The van der Waals surface area contributed by atoms with Crippen LogP contribution in [0, 0.1) is 39.3 Å². The summed E-state index contributed by atoms with van der Waals surface area (Å²) in [6.45, 7) is 17.0. The van der Waals surface area contributed by atoms with Gasteiger partial charge in [0, 0.05) is 54.3 Å². The van der Waals surface area contributed by atoms with Gasteiger partial charge in [-0.1, -0.05) is 188 Å². The summed E-state index contributed by atoms with van der Waals surface area (Å²) in [5.41, 5.74) is 25.5. The van der Waals surface area contributed by atoms with Crippen molar-refractivity contribution < 1.29 is 8.78 Å². The lowest BCUT2D eigenvalue weighted by Crippen LogP contribution is -2.30. The predicted octanol–water partition coefficient (Wildman–Crippen LogP) is 23.7. The van der Waals surface area contributed by atoms with Crippen LogP contribution in [0.2, 0.25) is 0 Å². The largest absolute Gasteiger partial charge is 0.310 e. The second-order valence-electron chi connectivity index (χ2n) is 24.6. The molecule has 1 heterocycles. The van der Waals surface area contributed by atoms with Gasteiger partial charge >= 0.3 is 0 Å². The third-order valence-electron chi connectivity index (χ3n) is 19.4. The minimum Gasteiger partial charge on any atom is -0.310 e. The van der Waals surface area contributed by atoms with Crippen molar-refractivity contribution in [3.05, 3.63) is 370 Å². The lowest BCUT2D eigenvalue weighted by molar-refractivity contribution is 0.627. The van der Waals surface area contributed by atoms with Crippen molar-refractivity contribution >= 4 is 88.6 Å². The number of thiophene rings is 1. The summed E-state index contributed by atoms with van der Waals surface area (Å²) < 4.78 is 32.5. The minimum absolute atomic E-state index is 0.296. The number of halogens is 2. The van der Waals surface area contributed by atoms with E-state index in [0.29, 0.717) is 0 Å². The Morgan fingerprint density at radius 2 is 0.747 bits per heavy atom. The molecule has 5 heteroatoms. The Bertz CT molecular complexity index is 5290. The molecular formula is C86H62F2N2S. The van der Waals surface area contributed by atoms with Gasteiger partial charge in [-0.15, -0.1) is 11.3 Å². The molecule has 2 aliphatic rings. The average molecular weight is 1190 g/mol. The van der Waals surface area contributed by atoms with Crippen LogP contribution in [0.5, 0.6) is 0 Å². The molecule has 91 heavy (non-hydrogen) atoms. The normalized spacial score (nSPS) is 15.3. The molecule has 0 saturated heterocycles. The highest BCUT2D eigenvalue weighted by atomic mass is 32.1. The van der Waals surface area contributed by atoms with E-state index in [1.54, 1.807) is 35.6 Å². The molecule has 16 rings (SSSR count). The van der Waals surface area contributed by atoms with Crippen LogP contribution in [0.3, 0.4) is 0 Å². The summed E-state index contributed by atoms with van der Waals surface area (Å²) in [5.74, 6) is -0.593. The molecule has 0 fully saturated rings. The molecule has 0 amide bonds. The van der Waals surface area contributed by atoms with Crippen LogP contribution in [0.25, 0.3) is 65.4 Å². The number of hydrogen-bond acceptors (Lipinski definition) is 3. The number of anilines is 6. The maximum atomic E-state index is 15.1. The van der Waals surface area contributed by atoms with Crippen molar-refractivity contribution in [3.8, 4) is 22.3 Å². The SMILES string of the molecule is C=Cc1ccc(C2(c3cc(C)ccc3C)c3ccccc3-c3ccc(N(c4ccc(F)cc4)c4ccc5cc6sc7ccc(N(c8ccc(F)cc8)c8ccc9c(c8)C(c8ccc(C=C)cc8)(c8cc(C)ccc8C)c8ccccc8-9)cc7c6cc5c4)cc32)cc1. The average Bonchev–Trinajstić information content (AvgIpc) is 1.56. The molecule has 0 bridgehead atoms. The van der Waals surface area contributed by atoms with Crippen molar-refractivity contribution in [3.63, 3.8) is 0 Å². The molecule has 2 atom stereocenters. The maximum Gasteiger partial charge on any atom is 0.123 e. The van der Waals surface area contributed by atoms with E-state index in [-0.39, 0.29) is 11.6 Å². The van der Waals surface area contributed by atoms with Gasteiger partial charge in [0.15, 0.2) is 0 Å². The molecule has 0 radical (unpaired) electrons. The molecule has 0 saturated carbocycles. The lowest BCUT2D eigenvalue weighted by atomic mass is 9.66. The molecule has 1 aromatic heterocycles. The highest BCUT2D eigenvalue weighted by Crippen LogP contribution is 2.60. The van der Waals surface area contributed by atoms with E-state index in [2.05, 4.69) is 269 Å². The van der Waals surface area contributed by atoms with Crippen LogP contribution in [0.1, 0.15) is 77.9 Å². The van der Waals surface area contributed by atoms with Crippen molar-refractivity contribution in [2.75, 3.05) is 9.80 Å². The number of rotatable bonds is 12. The summed E-state index contributed by atoms with van der Waals surface area (Å²) in [4.78, 5) is 4.55. The van der Waals surface area contributed by atoms with Crippen LogP contribution in [0.15, 0.2) is 280 Å². The molecule has 0 aliphatic heterocycles. The Morgan fingerprint density at radius 3 is 1.24 bits per heavy atom. The first-order valence-electron chi connectivity index (χ1n) is 31.0. The van der Waals surface area contributed by atoms with Crippen LogP contribution in [-0.2, 0) is 10.8 Å². The van der Waals surface area contributed by atoms with E-state index in [4.69, 9.17) is 0 Å². The van der Waals surface area contributed by atoms with Gasteiger partial charge in [-0.3, -0.25) is 0 Å². The fourth-order valence-corrected chi connectivity index (χ4v) is 16.3. The van der Waals surface area contributed by atoms with E-state index in [1.807, 2.05) is 36.4 Å². The van der Waals surface area contributed by atoms with Gasteiger partial charge in [-0.2, -0.15) is 0 Å². The van der Waals surface area contributed by atoms with Crippen molar-refractivity contribution in [2.24, 2.45) is 0 Å². The van der Waals surface area contributed by atoms with Crippen LogP contribution in [-0.4, -0.2) is 0 Å². The van der Waals surface area contributed by atoms with Gasteiger partial charge in [-0.05, 0) is 243 Å². The van der Waals surface area contributed by atoms with Gasteiger partial charge in [0.25, 0.3) is 0 Å².